The van der Waals surface area contributed by atoms with Crippen molar-refractivity contribution in [3.05, 3.63) is 11.4 Å². The van der Waals surface area contributed by atoms with Crippen molar-refractivity contribution in [3.63, 3.8) is 0 Å². The number of aromatic amines is 1. The molecule has 1 fully saturated rings. The molecule has 1 atom stereocenters. The summed E-state index contributed by atoms with van der Waals surface area (Å²) < 4.78 is 5.13. The Hall–Kier alpha value is -1.56. The highest BCUT2D eigenvalue weighted by Gasteiger charge is 2.35. The highest BCUT2D eigenvalue weighted by atomic mass is 16.5. The summed E-state index contributed by atoms with van der Waals surface area (Å²) in [5.41, 5.74) is 7.77. The van der Waals surface area contributed by atoms with E-state index in [9.17, 15) is 4.79 Å². The van der Waals surface area contributed by atoms with Gasteiger partial charge in [0.2, 0.25) is 0 Å². The maximum Gasteiger partial charge on any atom is 0.276 e. The number of hydrogen-bond donors (Lipinski definition) is 2. The molecule has 3 N–H and O–H groups in total. The summed E-state index contributed by atoms with van der Waals surface area (Å²) in [4.78, 5) is 14.6. The molecule has 0 aliphatic heterocycles. The molecule has 2 rings (SSSR count). The molecule has 1 aliphatic carbocycles. The number of aryl methyl sites for hydroxylation is 1. The number of aromatic nitrogens is 2. The molecule has 1 aromatic heterocycles. The summed E-state index contributed by atoms with van der Waals surface area (Å²) in [6.07, 6.45) is 4.15. The van der Waals surface area contributed by atoms with E-state index in [1.807, 2.05) is 4.90 Å². The number of rotatable bonds is 8. The molecular weight excluding hydrogens is 268 g/mol. The number of nitrogen functional groups attached to an aromatic ring is 1. The average molecular weight is 294 g/mol. The summed E-state index contributed by atoms with van der Waals surface area (Å²) in [5.74, 6) is 0.503. The minimum absolute atomic E-state index is 0.0949. The zero-order valence-electron chi connectivity index (χ0n) is 13.2. The Labute approximate surface area is 126 Å². The molecule has 21 heavy (non-hydrogen) atoms. The van der Waals surface area contributed by atoms with Crippen molar-refractivity contribution in [2.24, 2.45) is 5.92 Å². The third-order valence-corrected chi connectivity index (χ3v) is 4.18. The van der Waals surface area contributed by atoms with Gasteiger partial charge in [0.05, 0.1) is 18.0 Å². The van der Waals surface area contributed by atoms with Crippen LogP contribution in [-0.4, -0.2) is 47.3 Å². The van der Waals surface area contributed by atoms with E-state index in [-0.39, 0.29) is 11.9 Å². The van der Waals surface area contributed by atoms with E-state index in [4.69, 9.17) is 10.5 Å². The van der Waals surface area contributed by atoms with Gasteiger partial charge in [-0.05, 0) is 32.1 Å². The van der Waals surface area contributed by atoms with Gasteiger partial charge in [0.15, 0.2) is 5.69 Å². The lowest BCUT2D eigenvalue weighted by Crippen LogP contribution is -2.42. The van der Waals surface area contributed by atoms with Crippen LogP contribution in [0.2, 0.25) is 0 Å². The molecule has 0 spiro atoms. The molecule has 0 aromatic carbocycles. The summed E-state index contributed by atoms with van der Waals surface area (Å²) in [6, 6.07) is 0.207. The lowest BCUT2D eigenvalue weighted by molar-refractivity contribution is 0.0590. The quantitative estimate of drug-likeness (QED) is 0.766. The van der Waals surface area contributed by atoms with Crippen LogP contribution in [0.5, 0.6) is 0 Å². The van der Waals surface area contributed by atoms with E-state index in [1.54, 1.807) is 7.11 Å². The van der Waals surface area contributed by atoms with Gasteiger partial charge in [-0.3, -0.25) is 9.89 Å². The monoisotopic (exact) mass is 294 g/mol. The molecule has 1 aromatic rings. The molecule has 0 radical (unpaired) electrons. The van der Waals surface area contributed by atoms with Crippen molar-refractivity contribution in [3.8, 4) is 0 Å². The summed E-state index contributed by atoms with van der Waals surface area (Å²) in [5, 5.41) is 7.04. The molecular formula is C15H26N4O2. The van der Waals surface area contributed by atoms with Gasteiger partial charge in [0.1, 0.15) is 0 Å². The van der Waals surface area contributed by atoms with Crippen molar-refractivity contribution in [1.82, 2.24) is 15.1 Å². The highest BCUT2D eigenvalue weighted by molar-refractivity contribution is 5.97. The maximum absolute atomic E-state index is 12.8. The molecule has 0 saturated heterocycles. The number of carbonyl (C=O) groups excluding carboxylic acids is 1. The van der Waals surface area contributed by atoms with Gasteiger partial charge < -0.3 is 15.4 Å². The first-order valence-electron chi connectivity index (χ1n) is 7.72. The first kappa shape index (κ1) is 15.8. The normalized spacial score (nSPS) is 16.0. The van der Waals surface area contributed by atoms with Crippen LogP contribution in [-0.2, 0) is 11.2 Å². The third kappa shape index (κ3) is 3.56. The van der Waals surface area contributed by atoms with E-state index in [0.29, 0.717) is 30.5 Å². The number of ether oxygens (including phenoxy) is 1. The fourth-order valence-electron chi connectivity index (χ4n) is 2.64. The number of nitrogens with two attached hydrogens (primary N) is 1. The summed E-state index contributed by atoms with van der Waals surface area (Å²) in [7, 11) is 1.65. The Morgan fingerprint density at radius 3 is 2.86 bits per heavy atom. The van der Waals surface area contributed by atoms with Crippen LogP contribution < -0.4 is 5.73 Å². The van der Waals surface area contributed by atoms with Gasteiger partial charge >= 0.3 is 0 Å². The molecule has 6 heteroatoms. The van der Waals surface area contributed by atoms with E-state index >= 15 is 0 Å². The van der Waals surface area contributed by atoms with Gasteiger partial charge in [0.25, 0.3) is 5.91 Å². The van der Waals surface area contributed by atoms with Crippen molar-refractivity contribution in [2.45, 2.75) is 45.6 Å². The molecule has 1 aliphatic rings. The van der Waals surface area contributed by atoms with Crippen molar-refractivity contribution < 1.29 is 9.53 Å². The number of nitrogens with one attached hydrogen (secondary N) is 1. The van der Waals surface area contributed by atoms with Crippen molar-refractivity contribution in [2.75, 3.05) is 26.0 Å². The minimum atomic E-state index is -0.0949. The Morgan fingerprint density at radius 2 is 2.29 bits per heavy atom. The maximum atomic E-state index is 12.8. The van der Waals surface area contributed by atoms with Crippen LogP contribution in [0.3, 0.4) is 0 Å². The number of H-pyrrole nitrogens is 1. The van der Waals surface area contributed by atoms with E-state index in [2.05, 4.69) is 24.0 Å². The molecule has 6 nitrogen and oxygen atoms in total. The highest BCUT2D eigenvalue weighted by Crippen LogP contribution is 2.35. The number of anilines is 1. The van der Waals surface area contributed by atoms with Crippen LogP contribution in [0.15, 0.2) is 0 Å². The molecule has 1 saturated carbocycles. The summed E-state index contributed by atoms with van der Waals surface area (Å²) >= 11 is 0. The lowest BCUT2D eigenvalue weighted by atomic mass is 10.1. The second-order valence-electron chi connectivity index (χ2n) is 5.78. The number of amides is 1. The van der Waals surface area contributed by atoms with E-state index < -0.39 is 0 Å². The number of hydrogen-bond acceptors (Lipinski definition) is 4. The smallest absolute Gasteiger partial charge is 0.276 e. The van der Waals surface area contributed by atoms with E-state index in [1.165, 1.54) is 12.8 Å². The Balaban J connectivity index is 2.16. The molecule has 1 amide bonds. The topological polar surface area (TPSA) is 84.2 Å². The fraction of sp³-hybridized carbons (Fsp3) is 0.733. The molecule has 1 unspecified atom stereocenters. The SMILES string of the molecule is CCCc1[nH]nc(C(=O)N(CCOC)C(C)C2CC2)c1N. The molecule has 118 valence electrons. The predicted molar refractivity (Wildman–Crippen MR) is 82.1 cm³/mol. The van der Waals surface area contributed by atoms with E-state index in [0.717, 1.165) is 18.5 Å². The zero-order valence-corrected chi connectivity index (χ0v) is 13.2. The third-order valence-electron chi connectivity index (χ3n) is 4.18. The fourth-order valence-corrected chi connectivity index (χ4v) is 2.64. The van der Waals surface area contributed by atoms with Gasteiger partial charge in [-0.1, -0.05) is 13.3 Å². The first-order valence-corrected chi connectivity index (χ1v) is 7.72. The Kier molecular flexibility index (Phi) is 5.22. The lowest BCUT2D eigenvalue weighted by Gasteiger charge is -2.28. The predicted octanol–water partition coefficient (Wildman–Crippen LogP) is 1.83. The first-order chi connectivity index (χ1) is 10.1. The van der Waals surface area contributed by atoms with Crippen molar-refractivity contribution in [1.29, 1.82) is 0 Å². The van der Waals surface area contributed by atoms with Gasteiger partial charge in [-0.2, -0.15) is 5.10 Å². The minimum Gasteiger partial charge on any atom is -0.395 e. The van der Waals surface area contributed by atoms with Crippen LogP contribution in [0.4, 0.5) is 5.69 Å². The Morgan fingerprint density at radius 1 is 1.57 bits per heavy atom. The second kappa shape index (κ2) is 6.93. The standard InChI is InChI=1S/C15H26N4O2/c1-4-5-12-13(16)14(18-17-12)15(20)19(8-9-21-3)10(2)11-6-7-11/h10-11H,4-9,16H2,1-3H3,(H,17,18). The molecule has 0 bridgehead atoms. The van der Waals surface area contributed by atoms with Gasteiger partial charge in [0, 0.05) is 19.7 Å². The van der Waals surface area contributed by atoms with Crippen LogP contribution >= 0.6 is 0 Å². The number of nitrogens with zero attached hydrogens (tertiary/aromatic N) is 2. The average Bonchev–Trinajstić information content (AvgIpc) is 3.25. The van der Waals surface area contributed by atoms with Crippen molar-refractivity contribution >= 4 is 11.6 Å². The van der Waals surface area contributed by atoms with Crippen LogP contribution in [0.25, 0.3) is 0 Å². The summed E-state index contributed by atoms with van der Waals surface area (Å²) in [6.45, 7) is 5.26. The zero-order chi connectivity index (χ0) is 15.4. The largest absolute Gasteiger partial charge is 0.395 e. The molecule has 1 heterocycles. The Bertz CT molecular complexity index is 482. The second-order valence-corrected chi connectivity index (χ2v) is 5.78. The van der Waals surface area contributed by atoms with Gasteiger partial charge in [-0.25, -0.2) is 0 Å². The number of carbonyl (C=O) groups is 1. The van der Waals surface area contributed by atoms with Gasteiger partial charge in [-0.15, -0.1) is 0 Å². The van der Waals surface area contributed by atoms with Crippen LogP contribution in [0, 0.1) is 5.92 Å². The number of methoxy groups -OCH3 is 1. The van der Waals surface area contributed by atoms with Crippen LogP contribution in [0.1, 0.15) is 49.3 Å².